The molecule has 0 aliphatic carbocycles. The molecule has 0 unspecified atom stereocenters. The van der Waals surface area contributed by atoms with Crippen molar-refractivity contribution in [2.45, 2.75) is 20.3 Å². The van der Waals surface area contributed by atoms with E-state index in [4.69, 9.17) is 9.47 Å². The van der Waals surface area contributed by atoms with Crippen LogP contribution in [0.5, 0.6) is 11.5 Å². The fourth-order valence-electron chi connectivity index (χ4n) is 2.19. The zero-order valence-corrected chi connectivity index (χ0v) is 16.0. The van der Waals surface area contributed by atoms with E-state index in [1.54, 1.807) is 0 Å². The van der Waals surface area contributed by atoms with Gasteiger partial charge in [0.1, 0.15) is 11.5 Å². The Hall–Kier alpha value is -1.00. The van der Waals surface area contributed by atoms with Crippen molar-refractivity contribution in [2.75, 3.05) is 18.5 Å². The van der Waals surface area contributed by atoms with E-state index in [1.165, 1.54) is 16.7 Å². The lowest BCUT2D eigenvalue weighted by Crippen LogP contribution is -1.98. The predicted molar refractivity (Wildman–Crippen MR) is 98.5 cm³/mol. The lowest BCUT2D eigenvalue weighted by Gasteiger charge is -2.06. The smallest absolute Gasteiger partial charge is 0.133 e. The number of fused-ring (bicyclic) bond motifs is 1. The summed E-state index contributed by atoms with van der Waals surface area (Å²) in [6.07, 6.45) is 1.08. The SMILES string of the molecule is Cc1ccc(OCCBr)c(Br)c1.Cc1ccc2c(c1)CCO2. The van der Waals surface area contributed by atoms with Gasteiger partial charge in [0.25, 0.3) is 0 Å². The van der Waals surface area contributed by atoms with E-state index in [-0.39, 0.29) is 0 Å². The van der Waals surface area contributed by atoms with Gasteiger partial charge < -0.3 is 9.47 Å². The topological polar surface area (TPSA) is 18.5 Å². The Bertz CT molecular complexity index is 626. The number of hydrogen-bond acceptors (Lipinski definition) is 2. The molecule has 118 valence electrons. The number of aryl methyl sites for hydroxylation is 2. The molecular weight excluding hydrogens is 408 g/mol. The van der Waals surface area contributed by atoms with Crippen LogP contribution in [0.4, 0.5) is 0 Å². The van der Waals surface area contributed by atoms with Crippen LogP contribution in [0.2, 0.25) is 0 Å². The fraction of sp³-hybridized carbons (Fsp3) is 0.333. The summed E-state index contributed by atoms with van der Waals surface area (Å²) < 4.78 is 11.8. The highest BCUT2D eigenvalue weighted by Crippen LogP contribution is 2.26. The van der Waals surface area contributed by atoms with Gasteiger partial charge in [0.05, 0.1) is 17.7 Å². The molecule has 0 saturated carbocycles. The summed E-state index contributed by atoms with van der Waals surface area (Å²) >= 11 is 6.74. The minimum Gasteiger partial charge on any atom is -0.493 e. The van der Waals surface area contributed by atoms with Crippen LogP contribution in [0.1, 0.15) is 16.7 Å². The van der Waals surface area contributed by atoms with Crippen molar-refractivity contribution >= 4 is 31.9 Å². The van der Waals surface area contributed by atoms with E-state index in [0.717, 1.165) is 34.3 Å². The molecule has 4 heteroatoms. The summed E-state index contributed by atoms with van der Waals surface area (Å²) in [7, 11) is 0. The third kappa shape index (κ3) is 5.03. The maximum Gasteiger partial charge on any atom is 0.133 e. The zero-order valence-electron chi connectivity index (χ0n) is 12.9. The molecular formula is C18H20Br2O2. The molecule has 2 nitrogen and oxygen atoms in total. The van der Waals surface area contributed by atoms with E-state index >= 15 is 0 Å². The number of halogens is 2. The molecule has 1 aliphatic rings. The Morgan fingerprint density at radius 3 is 2.55 bits per heavy atom. The summed E-state index contributed by atoms with van der Waals surface area (Å²) in [4.78, 5) is 0. The number of ether oxygens (including phenoxy) is 2. The lowest BCUT2D eigenvalue weighted by molar-refractivity contribution is 0.343. The average Bonchev–Trinajstić information content (AvgIpc) is 2.94. The van der Waals surface area contributed by atoms with E-state index in [0.29, 0.717) is 6.61 Å². The summed E-state index contributed by atoms with van der Waals surface area (Å²) in [5.74, 6) is 1.98. The van der Waals surface area contributed by atoms with Crippen LogP contribution in [-0.4, -0.2) is 18.5 Å². The molecule has 0 fully saturated rings. The Kier molecular flexibility index (Phi) is 6.77. The van der Waals surface area contributed by atoms with Crippen LogP contribution >= 0.6 is 31.9 Å². The standard InChI is InChI=1S/C9H10Br2O.C9H10O/c1-7-2-3-9(8(11)6-7)12-5-4-10;1-7-2-3-9-8(6-7)4-5-10-9/h2-3,6H,4-5H2,1H3;2-3,6H,4-5H2,1H3. The summed E-state index contributed by atoms with van der Waals surface area (Å²) in [5.41, 5.74) is 3.91. The molecule has 1 heterocycles. The largest absolute Gasteiger partial charge is 0.493 e. The van der Waals surface area contributed by atoms with E-state index in [2.05, 4.69) is 63.9 Å². The highest BCUT2D eigenvalue weighted by Gasteiger charge is 2.10. The number of alkyl halides is 1. The third-order valence-corrected chi connectivity index (χ3v) is 4.21. The van der Waals surface area contributed by atoms with Crippen LogP contribution in [0.3, 0.4) is 0 Å². The van der Waals surface area contributed by atoms with E-state index in [9.17, 15) is 0 Å². The molecule has 0 N–H and O–H groups in total. The molecule has 0 atom stereocenters. The molecule has 22 heavy (non-hydrogen) atoms. The molecule has 0 bridgehead atoms. The monoisotopic (exact) mass is 426 g/mol. The van der Waals surface area contributed by atoms with Crippen LogP contribution < -0.4 is 9.47 Å². The Balaban J connectivity index is 0.000000162. The van der Waals surface area contributed by atoms with Crippen LogP contribution in [0.25, 0.3) is 0 Å². The summed E-state index contributed by atoms with van der Waals surface area (Å²) in [5, 5.41) is 0.854. The van der Waals surface area contributed by atoms with Gasteiger partial charge in [-0.05, 0) is 59.1 Å². The first-order valence-corrected chi connectivity index (χ1v) is 9.19. The van der Waals surface area contributed by atoms with Gasteiger partial charge in [-0.1, -0.05) is 39.7 Å². The van der Waals surface area contributed by atoms with Crippen LogP contribution in [-0.2, 0) is 6.42 Å². The van der Waals surface area contributed by atoms with Gasteiger partial charge in [-0.3, -0.25) is 0 Å². The van der Waals surface area contributed by atoms with Gasteiger partial charge in [0.2, 0.25) is 0 Å². The van der Waals surface area contributed by atoms with Gasteiger partial charge in [-0.15, -0.1) is 0 Å². The predicted octanol–water partition coefficient (Wildman–Crippen LogP) is 5.46. The number of rotatable bonds is 3. The Morgan fingerprint density at radius 2 is 1.82 bits per heavy atom. The fourth-order valence-corrected chi connectivity index (χ4v) is 2.96. The Morgan fingerprint density at radius 1 is 1.09 bits per heavy atom. The molecule has 0 amide bonds. The van der Waals surface area contributed by atoms with Crippen molar-refractivity contribution in [2.24, 2.45) is 0 Å². The maximum absolute atomic E-state index is 5.45. The molecule has 0 aromatic heterocycles. The van der Waals surface area contributed by atoms with Gasteiger partial charge in [0, 0.05) is 11.8 Å². The van der Waals surface area contributed by atoms with Gasteiger partial charge in [-0.25, -0.2) is 0 Å². The minimum atomic E-state index is 0.696. The molecule has 0 radical (unpaired) electrons. The van der Waals surface area contributed by atoms with Crippen molar-refractivity contribution in [3.05, 3.63) is 57.6 Å². The normalized spacial score (nSPS) is 12.0. The summed E-state index contributed by atoms with van der Waals surface area (Å²) in [6, 6.07) is 12.4. The Labute approximate surface area is 149 Å². The van der Waals surface area contributed by atoms with Gasteiger partial charge >= 0.3 is 0 Å². The highest BCUT2D eigenvalue weighted by molar-refractivity contribution is 9.10. The van der Waals surface area contributed by atoms with Gasteiger partial charge in [0.15, 0.2) is 0 Å². The molecule has 0 spiro atoms. The minimum absolute atomic E-state index is 0.696. The third-order valence-electron chi connectivity index (χ3n) is 3.27. The second-order valence-electron chi connectivity index (χ2n) is 5.18. The molecule has 1 aliphatic heterocycles. The molecule has 0 saturated heterocycles. The van der Waals surface area contributed by atoms with Crippen molar-refractivity contribution in [1.82, 2.24) is 0 Å². The van der Waals surface area contributed by atoms with Crippen molar-refractivity contribution in [3.63, 3.8) is 0 Å². The van der Waals surface area contributed by atoms with Crippen LogP contribution in [0, 0.1) is 13.8 Å². The first-order valence-electron chi connectivity index (χ1n) is 7.27. The second kappa shape index (κ2) is 8.59. The first kappa shape index (κ1) is 17.4. The zero-order chi connectivity index (χ0) is 15.9. The van der Waals surface area contributed by atoms with Crippen molar-refractivity contribution in [3.8, 4) is 11.5 Å². The summed E-state index contributed by atoms with van der Waals surface area (Å²) in [6.45, 7) is 5.72. The lowest BCUT2D eigenvalue weighted by atomic mass is 10.1. The average molecular weight is 428 g/mol. The maximum atomic E-state index is 5.45. The van der Waals surface area contributed by atoms with Gasteiger partial charge in [-0.2, -0.15) is 0 Å². The molecule has 2 aromatic carbocycles. The number of hydrogen-bond donors (Lipinski definition) is 0. The van der Waals surface area contributed by atoms with E-state index in [1.807, 2.05) is 18.2 Å². The second-order valence-corrected chi connectivity index (χ2v) is 6.83. The molecule has 3 rings (SSSR count). The van der Waals surface area contributed by atoms with Crippen LogP contribution in [0.15, 0.2) is 40.9 Å². The van der Waals surface area contributed by atoms with Crippen molar-refractivity contribution in [1.29, 1.82) is 0 Å². The first-order chi connectivity index (χ1) is 10.6. The quantitative estimate of drug-likeness (QED) is 0.605. The molecule has 2 aromatic rings. The number of benzene rings is 2. The van der Waals surface area contributed by atoms with E-state index < -0.39 is 0 Å². The van der Waals surface area contributed by atoms with Crippen molar-refractivity contribution < 1.29 is 9.47 Å². The highest BCUT2D eigenvalue weighted by atomic mass is 79.9.